The lowest BCUT2D eigenvalue weighted by Crippen LogP contribution is -2.27. The summed E-state index contributed by atoms with van der Waals surface area (Å²) in [5.74, 6) is -0.683. The van der Waals surface area contributed by atoms with Crippen molar-refractivity contribution in [1.82, 2.24) is 15.1 Å². The molecule has 0 spiro atoms. The average molecular weight is 454 g/mol. The maximum atomic E-state index is 13.8. The fourth-order valence-electron chi connectivity index (χ4n) is 3.63. The van der Waals surface area contributed by atoms with Gasteiger partial charge in [-0.25, -0.2) is 4.39 Å². The smallest absolute Gasteiger partial charge is 0.315 e. The molecule has 1 amide bonds. The molecule has 4 rings (SSSR count). The number of ether oxygens (including phenoxy) is 1. The molecule has 1 saturated heterocycles. The normalized spacial score (nSPS) is 14.6. The van der Waals surface area contributed by atoms with Crippen molar-refractivity contribution in [2.75, 3.05) is 50.0 Å². The third kappa shape index (κ3) is 6.59. The highest BCUT2D eigenvalue weighted by Gasteiger charge is 2.13. The van der Waals surface area contributed by atoms with Gasteiger partial charge in [0, 0.05) is 37.5 Å². The predicted molar refractivity (Wildman–Crippen MR) is 124 cm³/mol. The maximum absolute atomic E-state index is 13.8. The quantitative estimate of drug-likeness (QED) is 0.472. The Morgan fingerprint density at radius 3 is 2.73 bits per heavy atom. The van der Waals surface area contributed by atoms with Crippen molar-refractivity contribution < 1.29 is 18.3 Å². The predicted octanol–water partition coefficient (Wildman–Crippen LogP) is 4.04. The Bertz CT molecular complexity index is 1030. The van der Waals surface area contributed by atoms with E-state index in [4.69, 9.17) is 9.15 Å². The molecule has 3 aromatic rings. The van der Waals surface area contributed by atoms with E-state index < -0.39 is 11.7 Å². The van der Waals surface area contributed by atoms with E-state index in [1.807, 2.05) is 0 Å². The lowest BCUT2D eigenvalue weighted by molar-refractivity contribution is 0.102. The van der Waals surface area contributed by atoms with Gasteiger partial charge in [-0.3, -0.25) is 4.79 Å². The number of anilines is 2. The van der Waals surface area contributed by atoms with Gasteiger partial charge in [0.1, 0.15) is 5.82 Å². The molecule has 1 fully saturated rings. The van der Waals surface area contributed by atoms with Crippen molar-refractivity contribution in [3.63, 3.8) is 0 Å². The molecule has 1 aliphatic rings. The molecular formula is C24H28FN5O3. The zero-order valence-electron chi connectivity index (χ0n) is 18.4. The van der Waals surface area contributed by atoms with Gasteiger partial charge in [0.05, 0.1) is 12.2 Å². The Labute approximate surface area is 192 Å². The summed E-state index contributed by atoms with van der Waals surface area (Å²) in [5, 5.41) is 14.0. The summed E-state index contributed by atoms with van der Waals surface area (Å²) in [6.45, 7) is 5.62. The summed E-state index contributed by atoms with van der Waals surface area (Å²) >= 11 is 0. The van der Waals surface area contributed by atoms with E-state index in [1.165, 1.54) is 12.1 Å². The average Bonchev–Trinajstić information content (AvgIpc) is 3.14. The van der Waals surface area contributed by atoms with E-state index in [2.05, 4.69) is 25.7 Å². The Balaban J connectivity index is 1.22. The lowest BCUT2D eigenvalue weighted by Gasteiger charge is -2.18. The van der Waals surface area contributed by atoms with Gasteiger partial charge in [-0.1, -0.05) is 17.2 Å². The number of aromatic nitrogens is 2. The molecule has 0 radical (unpaired) electrons. The maximum Gasteiger partial charge on any atom is 0.315 e. The third-order valence-electron chi connectivity index (χ3n) is 5.43. The molecule has 1 aliphatic heterocycles. The first-order valence-electron chi connectivity index (χ1n) is 11.2. The zero-order valence-corrected chi connectivity index (χ0v) is 18.4. The van der Waals surface area contributed by atoms with Gasteiger partial charge in [0.2, 0.25) is 5.89 Å². The SMILES string of the molecule is O=C(Nc1ccc(-c2nnc(NCCCCN3CCCOCC3)o2)cc1)c1ccccc1F. The molecule has 2 N–H and O–H groups in total. The number of unbranched alkanes of at least 4 members (excludes halogenated alkanes) is 1. The van der Waals surface area contributed by atoms with Crippen LogP contribution in [0, 0.1) is 5.82 Å². The molecule has 2 aromatic carbocycles. The Morgan fingerprint density at radius 2 is 1.88 bits per heavy atom. The van der Waals surface area contributed by atoms with E-state index in [0.29, 0.717) is 17.6 Å². The monoisotopic (exact) mass is 453 g/mol. The molecule has 33 heavy (non-hydrogen) atoms. The molecule has 0 unspecified atom stereocenters. The van der Waals surface area contributed by atoms with E-state index in [0.717, 1.165) is 64.2 Å². The zero-order chi connectivity index (χ0) is 22.9. The number of carbonyl (C=O) groups is 1. The summed E-state index contributed by atoms with van der Waals surface area (Å²) in [4.78, 5) is 14.7. The number of amides is 1. The second-order valence-corrected chi connectivity index (χ2v) is 7.87. The van der Waals surface area contributed by atoms with Crippen molar-refractivity contribution in [1.29, 1.82) is 0 Å². The van der Waals surface area contributed by atoms with Gasteiger partial charge in [0.25, 0.3) is 5.91 Å². The van der Waals surface area contributed by atoms with Crippen LogP contribution in [0.4, 0.5) is 16.1 Å². The summed E-state index contributed by atoms with van der Waals surface area (Å²) < 4.78 is 24.9. The molecule has 0 saturated carbocycles. The first-order chi connectivity index (χ1) is 16.2. The van der Waals surface area contributed by atoms with Gasteiger partial charge >= 0.3 is 6.01 Å². The largest absolute Gasteiger partial charge is 0.403 e. The summed E-state index contributed by atoms with van der Waals surface area (Å²) in [6, 6.07) is 13.2. The molecule has 174 valence electrons. The second-order valence-electron chi connectivity index (χ2n) is 7.87. The van der Waals surface area contributed by atoms with Gasteiger partial charge in [-0.15, -0.1) is 5.10 Å². The number of hydrogen-bond acceptors (Lipinski definition) is 7. The molecule has 0 atom stereocenters. The van der Waals surface area contributed by atoms with Gasteiger partial charge in [-0.2, -0.15) is 0 Å². The highest BCUT2D eigenvalue weighted by atomic mass is 19.1. The number of benzene rings is 2. The summed E-state index contributed by atoms with van der Waals surface area (Å²) in [6.07, 6.45) is 3.20. The van der Waals surface area contributed by atoms with Crippen LogP contribution < -0.4 is 10.6 Å². The van der Waals surface area contributed by atoms with E-state index in [1.54, 1.807) is 36.4 Å². The second kappa shape index (κ2) is 11.5. The number of carbonyl (C=O) groups excluding carboxylic acids is 1. The van der Waals surface area contributed by atoms with Gasteiger partial charge in [-0.05, 0) is 62.2 Å². The molecule has 0 aliphatic carbocycles. The Hall–Kier alpha value is -3.30. The number of nitrogens with one attached hydrogen (secondary N) is 2. The van der Waals surface area contributed by atoms with Crippen molar-refractivity contribution in [3.8, 4) is 11.5 Å². The first kappa shape index (κ1) is 22.9. The van der Waals surface area contributed by atoms with Crippen LogP contribution in [-0.2, 0) is 4.74 Å². The van der Waals surface area contributed by atoms with Crippen LogP contribution in [0.3, 0.4) is 0 Å². The van der Waals surface area contributed by atoms with Crippen LogP contribution >= 0.6 is 0 Å². The number of nitrogens with zero attached hydrogens (tertiary/aromatic N) is 3. The molecule has 8 nitrogen and oxygen atoms in total. The first-order valence-corrected chi connectivity index (χ1v) is 11.2. The van der Waals surface area contributed by atoms with Crippen molar-refractivity contribution in [2.24, 2.45) is 0 Å². The number of halogens is 1. The van der Waals surface area contributed by atoms with Crippen LogP contribution in [0.1, 0.15) is 29.6 Å². The van der Waals surface area contributed by atoms with Crippen LogP contribution in [-0.4, -0.2) is 60.4 Å². The molecular weight excluding hydrogens is 425 g/mol. The summed E-state index contributed by atoms with van der Waals surface area (Å²) in [5.41, 5.74) is 1.26. The van der Waals surface area contributed by atoms with E-state index >= 15 is 0 Å². The molecule has 1 aromatic heterocycles. The highest BCUT2D eigenvalue weighted by Crippen LogP contribution is 2.22. The fourth-order valence-corrected chi connectivity index (χ4v) is 3.63. The van der Waals surface area contributed by atoms with Crippen LogP contribution in [0.5, 0.6) is 0 Å². The van der Waals surface area contributed by atoms with Crippen molar-refractivity contribution in [2.45, 2.75) is 19.3 Å². The van der Waals surface area contributed by atoms with Crippen LogP contribution in [0.15, 0.2) is 52.9 Å². The van der Waals surface area contributed by atoms with Gasteiger partial charge in [0.15, 0.2) is 0 Å². The number of rotatable bonds is 9. The van der Waals surface area contributed by atoms with Crippen molar-refractivity contribution in [3.05, 3.63) is 59.9 Å². The van der Waals surface area contributed by atoms with Crippen molar-refractivity contribution >= 4 is 17.6 Å². The Kier molecular flexibility index (Phi) is 7.99. The van der Waals surface area contributed by atoms with Gasteiger partial charge < -0.3 is 24.7 Å². The minimum absolute atomic E-state index is 0.00497. The molecule has 0 bridgehead atoms. The topological polar surface area (TPSA) is 92.5 Å². The third-order valence-corrected chi connectivity index (χ3v) is 5.43. The highest BCUT2D eigenvalue weighted by molar-refractivity contribution is 6.04. The Morgan fingerprint density at radius 1 is 1.03 bits per heavy atom. The minimum atomic E-state index is -0.561. The fraction of sp³-hybridized carbons (Fsp3) is 0.375. The summed E-state index contributed by atoms with van der Waals surface area (Å²) in [7, 11) is 0. The lowest BCUT2D eigenvalue weighted by atomic mass is 10.1. The minimum Gasteiger partial charge on any atom is -0.403 e. The standard InChI is InChI=1S/C24H28FN5O3/c25-21-7-2-1-6-20(21)22(31)27-19-10-8-18(9-11-19)23-28-29-24(33-23)26-12-3-4-13-30-14-5-16-32-17-15-30/h1-2,6-11H,3-5,12-17H2,(H,26,29)(H,27,31). The van der Waals surface area contributed by atoms with Crippen LogP contribution in [0.2, 0.25) is 0 Å². The number of hydrogen-bond donors (Lipinski definition) is 2. The molecule has 2 heterocycles. The van der Waals surface area contributed by atoms with E-state index in [9.17, 15) is 9.18 Å². The molecule has 9 heteroatoms. The van der Waals surface area contributed by atoms with E-state index in [-0.39, 0.29) is 5.56 Å². The van der Waals surface area contributed by atoms with Crippen LogP contribution in [0.25, 0.3) is 11.5 Å².